The van der Waals surface area contributed by atoms with E-state index in [2.05, 4.69) is 0 Å². The van der Waals surface area contributed by atoms with Gasteiger partial charge in [-0.25, -0.2) is 4.79 Å². The zero-order valence-corrected chi connectivity index (χ0v) is 11.4. The SMILES string of the molecule is CC(C)(C)OC(=O)N1CCC2(CCOC2)C(O)C1. The van der Waals surface area contributed by atoms with E-state index in [1.807, 2.05) is 20.8 Å². The number of hydrogen-bond donors (Lipinski definition) is 1. The van der Waals surface area contributed by atoms with Crippen molar-refractivity contribution >= 4 is 6.09 Å². The summed E-state index contributed by atoms with van der Waals surface area (Å²) in [6.07, 6.45) is 0.820. The van der Waals surface area contributed by atoms with Crippen LogP contribution < -0.4 is 0 Å². The summed E-state index contributed by atoms with van der Waals surface area (Å²) < 4.78 is 10.7. The van der Waals surface area contributed by atoms with Gasteiger partial charge in [-0.1, -0.05) is 0 Å². The zero-order chi connectivity index (χ0) is 13.4. The van der Waals surface area contributed by atoms with Crippen LogP contribution in [0.5, 0.6) is 0 Å². The predicted molar refractivity (Wildman–Crippen MR) is 66.3 cm³/mol. The Hall–Kier alpha value is -0.810. The molecule has 2 unspecified atom stereocenters. The van der Waals surface area contributed by atoms with Crippen LogP contribution in [-0.4, -0.2) is 54.1 Å². The van der Waals surface area contributed by atoms with Gasteiger partial charge in [0.2, 0.25) is 0 Å². The molecular formula is C13H23NO4. The third kappa shape index (κ3) is 2.78. The Morgan fingerprint density at radius 1 is 1.44 bits per heavy atom. The number of aliphatic hydroxyl groups is 1. The molecule has 2 aliphatic rings. The lowest BCUT2D eigenvalue weighted by Gasteiger charge is -2.42. The summed E-state index contributed by atoms with van der Waals surface area (Å²) >= 11 is 0. The summed E-state index contributed by atoms with van der Waals surface area (Å²) in [5.74, 6) is 0. The number of amides is 1. The fraction of sp³-hybridized carbons (Fsp3) is 0.923. The van der Waals surface area contributed by atoms with E-state index in [1.54, 1.807) is 4.90 Å². The lowest BCUT2D eigenvalue weighted by atomic mass is 9.76. The van der Waals surface area contributed by atoms with Crippen molar-refractivity contribution in [1.82, 2.24) is 4.90 Å². The van der Waals surface area contributed by atoms with Gasteiger partial charge < -0.3 is 19.5 Å². The molecule has 1 N–H and O–H groups in total. The number of aliphatic hydroxyl groups excluding tert-OH is 1. The Kier molecular flexibility index (Phi) is 3.56. The quantitative estimate of drug-likeness (QED) is 0.712. The van der Waals surface area contributed by atoms with E-state index in [0.29, 0.717) is 26.3 Å². The highest BCUT2D eigenvalue weighted by atomic mass is 16.6. The van der Waals surface area contributed by atoms with Crippen molar-refractivity contribution in [3.63, 3.8) is 0 Å². The number of ether oxygens (including phenoxy) is 2. The molecule has 2 rings (SSSR count). The number of likely N-dealkylation sites (tertiary alicyclic amines) is 1. The highest BCUT2D eigenvalue weighted by Gasteiger charge is 2.46. The number of rotatable bonds is 0. The van der Waals surface area contributed by atoms with Gasteiger partial charge in [-0.3, -0.25) is 0 Å². The minimum Gasteiger partial charge on any atom is -0.444 e. The molecule has 0 aromatic carbocycles. The van der Waals surface area contributed by atoms with Gasteiger partial charge in [-0.05, 0) is 33.6 Å². The summed E-state index contributed by atoms with van der Waals surface area (Å²) in [6.45, 7) is 7.83. The molecule has 2 heterocycles. The average Bonchev–Trinajstić information content (AvgIpc) is 2.69. The first kappa shape index (κ1) is 13.6. The molecule has 0 aromatic rings. The number of carbonyl (C=O) groups is 1. The van der Waals surface area contributed by atoms with Crippen LogP contribution in [0.15, 0.2) is 0 Å². The van der Waals surface area contributed by atoms with E-state index >= 15 is 0 Å². The molecule has 0 aromatic heterocycles. The van der Waals surface area contributed by atoms with Crippen LogP contribution in [0.25, 0.3) is 0 Å². The van der Waals surface area contributed by atoms with Crippen LogP contribution in [0, 0.1) is 5.41 Å². The van der Waals surface area contributed by atoms with Gasteiger partial charge in [0.05, 0.1) is 19.3 Å². The first-order valence-electron chi connectivity index (χ1n) is 6.56. The zero-order valence-electron chi connectivity index (χ0n) is 11.4. The maximum absolute atomic E-state index is 11.9. The van der Waals surface area contributed by atoms with Gasteiger partial charge in [0.25, 0.3) is 0 Å². The van der Waals surface area contributed by atoms with Gasteiger partial charge in [0.1, 0.15) is 5.60 Å². The van der Waals surface area contributed by atoms with E-state index in [4.69, 9.17) is 9.47 Å². The highest BCUT2D eigenvalue weighted by molar-refractivity contribution is 5.68. The lowest BCUT2D eigenvalue weighted by Crippen LogP contribution is -2.53. The van der Waals surface area contributed by atoms with Gasteiger partial charge in [0.15, 0.2) is 0 Å². The maximum Gasteiger partial charge on any atom is 0.410 e. The fourth-order valence-electron chi connectivity index (χ4n) is 2.59. The summed E-state index contributed by atoms with van der Waals surface area (Å²) in [6, 6.07) is 0. The van der Waals surface area contributed by atoms with E-state index in [9.17, 15) is 9.90 Å². The second kappa shape index (κ2) is 4.70. The van der Waals surface area contributed by atoms with Gasteiger partial charge in [-0.2, -0.15) is 0 Å². The Labute approximate surface area is 108 Å². The number of β-amino-alcohol motifs (C(OH)–C–C–N with tert-alkyl or cyclic N) is 1. The summed E-state index contributed by atoms with van der Waals surface area (Å²) in [5.41, 5.74) is -0.633. The molecular weight excluding hydrogens is 234 g/mol. The minimum atomic E-state index is -0.513. The second-order valence-electron chi connectivity index (χ2n) is 6.36. The third-order valence-corrected chi connectivity index (χ3v) is 3.77. The van der Waals surface area contributed by atoms with Crippen molar-refractivity contribution in [3.8, 4) is 0 Å². The summed E-state index contributed by atoms with van der Waals surface area (Å²) in [5, 5.41) is 10.2. The number of piperidine rings is 1. The smallest absolute Gasteiger partial charge is 0.410 e. The monoisotopic (exact) mass is 257 g/mol. The first-order valence-corrected chi connectivity index (χ1v) is 6.56. The summed E-state index contributed by atoms with van der Waals surface area (Å²) in [4.78, 5) is 13.5. The number of hydrogen-bond acceptors (Lipinski definition) is 4. The molecule has 0 saturated carbocycles. The highest BCUT2D eigenvalue weighted by Crippen LogP contribution is 2.39. The van der Waals surface area contributed by atoms with E-state index in [-0.39, 0.29) is 11.5 Å². The second-order valence-corrected chi connectivity index (χ2v) is 6.36. The molecule has 0 bridgehead atoms. The Morgan fingerprint density at radius 3 is 2.67 bits per heavy atom. The van der Waals surface area contributed by atoms with Gasteiger partial charge >= 0.3 is 6.09 Å². The van der Waals surface area contributed by atoms with E-state index < -0.39 is 11.7 Å². The van der Waals surface area contributed by atoms with Crippen molar-refractivity contribution in [2.45, 2.75) is 45.3 Å². The van der Waals surface area contributed by atoms with E-state index in [0.717, 1.165) is 12.8 Å². The minimum absolute atomic E-state index is 0.140. The van der Waals surface area contributed by atoms with Crippen LogP contribution in [0.4, 0.5) is 4.79 Å². The molecule has 104 valence electrons. The van der Waals surface area contributed by atoms with Crippen LogP contribution in [0.1, 0.15) is 33.6 Å². The molecule has 1 amide bonds. The third-order valence-electron chi connectivity index (χ3n) is 3.77. The number of nitrogens with zero attached hydrogens (tertiary/aromatic N) is 1. The molecule has 5 heteroatoms. The molecule has 0 radical (unpaired) electrons. The van der Waals surface area contributed by atoms with Gasteiger partial charge in [0, 0.05) is 18.6 Å². The van der Waals surface area contributed by atoms with Crippen molar-refractivity contribution in [2.75, 3.05) is 26.3 Å². The standard InChI is InChI=1S/C13H23NO4/c1-12(2,3)18-11(16)14-6-4-13(10(15)8-14)5-7-17-9-13/h10,15H,4-9H2,1-3H3. The molecule has 2 saturated heterocycles. The largest absolute Gasteiger partial charge is 0.444 e. The fourth-order valence-corrected chi connectivity index (χ4v) is 2.59. The molecule has 5 nitrogen and oxygen atoms in total. The van der Waals surface area contributed by atoms with Crippen molar-refractivity contribution in [1.29, 1.82) is 0 Å². The van der Waals surface area contributed by atoms with Gasteiger partial charge in [-0.15, -0.1) is 0 Å². The number of carbonyl (C=O) groups excluding carboxylic acids is 1. The van der Waals surface area contributed by atoms with Crippen LogP contribution in [-0.2, 0) is 9.47 Å². The maximum atomic E-state index is 11.9. The van der Waals surface area contributed by atoms with Crippen molar-refractivity contribution in [3.05, 3.63) is 0 Å². The Bertz CT molecular complexity index is 317. The first-order chi connectivity index (χ1) is 8.32. The molecule has 1 spiro atoms. The molecule has 0 aliphatic carbocycles. The Balaban J connectivity index is 1.94. The lowest BCUT2D eigenvalue weighted by molar-refractivity contribution is -0.0558. The predicted octanol–water partition coefficient (Wildman–Crippen LogP) is 1.39. The van der Waals surface area contributed by atoms with Crippen molar-refractivity contribution in [2.24, 2.45) is 5.41 Å². The van der Waals surface area contributed by atoms with Crippen LogP contribution in [0.3, 0.4) is 0 Å². The molecule has 2 fully saturated rings. The summed E-state index contributed by atoms with van der Waals surface area (Å²) in [7, 11) is 0. The molecule has 2 atom stereocenters. The molecule has 18 heavy (non-hydrogen) atoms. The van der Waals surface area contributed by atoms with E-state index in [1.165, 1.54) is 0 Å². The Morgan fingerprint density at radius 2 is 2.17 bits per heavy atom. The normalized spacial score (nSPS) is 32.9. The molecule has 2 aliphatic heterocycles. The van der Waals surface area contributed by atoms with Crippen LogP contribution >= 0.6 is 0 Å². The van der Waals surface area contributed by atoms with Crippen LogP contribution in [0.2, 0.25) is 0 Å². The average molecular weight is 257 g/mol. The van der Waals surface area contributed by atoms with Crippen molar-refractivity contribution < 1.29 is 19.4 Å². The topological polar surface area (TPSA) is 59.0 Å².